The zero-order chi connectivity index (χ0) is 7.94. The summed E-state index contributed by atoms with van der Waals surface area (Å²) in [6.07, 6.45) is 10.3. The van der Waals surface area contributed by atoms with Crippen LogP contribution in [-0.2, 0) is 0 Å². The molecule has 1 fully saturated rings. The second kappa shape index (κ2) is 5.59. The van der Waals surface area contributed by atoms with Crippen molar-refractivity contribution in [3.8, 4) is 0 Å². The Hall–Kier alpha value is -0.0400. The molecule has 11 heavy (non-hydrogen) atoms. The average molecular weight is 155 g/mol. The average Bonchev–Trinajstić information content (AvgIpc) is 2.28. The van der Waals surface area contributed by atoms with E-state index >= 15 is 0 Å². The molecule has 0 saturated heterocycles. The standard InChI is InChI=1S/C10H21N/c1-11-9-8-10-6-4-2-3-5-7-10/h10-11H,2-9H2,1H3. The fourth-order valence-electron chi connectivity index (χ4n) is 2.00. The molecule has 1 saturated carbocycles. The maximum atomic E-state index is 3.24. The van der Waals surface area contributed by atoms with Crippen LogP contribution in [0.3, 0.4) is 0 Å². The van der Waals surface area contributed by atoms with E-state index < -0.39 is 0 Å². The van der Waals surface area contributed by atoms with E-state index in [1.807, 2.05) is 0 Å². The van der Waals surface area contributed by atoms with Gasteiger partial charge in [0, 0.05) is 0 Å². The van der Waals surface area contributed by atoms with Gasteiger partial charge in [-0.05, 0) is 25.9 Å². The Labute approximate surface area is 70.6 Å². The van der Waals surface area contributed by atoms with Crippen molar-refractivity contribution < 1.29 is 0 Å². The first kappa shape index (κ1) is 9.05. The van der Waals surface area contributed by atoms with Gasteiger partial charge in [-0.2, -0.15) is 0 Å². The summed E-state index contributed by atoms with van der Waals surface area (Å²) in [4.78, 5) is 0. The van der Waals surface area contributed by atoms with E-state index in [0.29, 0.717) is 0 Å². The minimum absolute atomic E-state index is 1.03. The van der Waals surface area contributed by atoms with E-state index in [-0.39, 0.29) is 0 Å². The van der Waals surface area contributed by atoms with Crippen LogP contribution in [0.2, 0.25) is 0 Å². The summed E-state index contributed by atoms with van der Waals surface area (Å²) in [5.74, 6) is 1.03. The van der Waals surface area contributed by atoms with Crippen LogP contribution in [0.25, 0.3) is 0 Å². The van der Waals surface area contributed by atoms with Crippen molar-refractivity contribution in [1.82, 2.24) is 5.32 Å². The van der Waals surface area contributed by atoms with Gasteiger partial charge in [-0.1, -0.05) is 38.5 Å². The van der Waals surface area contributed by atoms with E-state index in [1.54, 1.807) is 0 Å². The SMILES string of the molecule is CNCCC1CCCCCC1. The molecule has 1 rings (SSSR count). The van der Waals surface area contributed by atoms with Crippen molar-refractivity contribution >= 4 is 0 Å². The van der Waals surface area contributed by atoms with Crippen molar-refractivity contribution in [3.05, 3.63) is 0 Å². The monoisotopic (exact) mass is 155 g/mol. The van der Waals surface area contributed by atoms with Gasteiger partial charge in [-0.15, -0.1) is 0 Å². The van der Waals surface area contributed by atoms with E-state index in [1.165, 1.54) is 51.5 Å². The molecule has 0 amide bonds. The molecule has 0 heterocycles. The molecule has 0 radical (unpaired) electrons. The van der Waals surface area contributed by atoms with Crippen LogP contribution in [0.1, 0.15) is 44.9 Å². The molecule has 66 valence electrons. The van der Waals surface area contributed by atoms with Gasteiger partial charge >= 0.3 is 0 Å². The zero-order valence-electron chi connectivity index (χ0n) is 7.73. The second-order valence-electron chi connectivity index (χ2n) is 3.75. The zero-order valence-corrected chi connectivity index (χ0v) is 7.73. The van der Waals surface area contributed by atoms with Crippen molar-refractivity contribution in [2.45, 2.75) is 44.9 Å². The lowest BCUT2D eigenvalue weighted by Gasteiger charge is -2.12. The quantitative estimate of drug-likeness (QED) is 0.618. The Morgan fingerprint density at radius 2 is 1.73 bits per heavy atom. The molecular formula is C10H21N. The van der Waals surface area contributed by atoms with E-state index in [9.17, 15) is 0 Å². The van der Waals surface area contributed by atoms with Crippen LogP contribution in [0.15, 0.2) is 0 Å². The first-order valence-corrected chi connectivity index (χ1v) is 5.08. The molecule has 1 heteroatoms. The van der Waals surface area contributed by atoms with Crippen LogP contribution < -0.4 is 5.32 Å². The van der Waals surface area contributed by atoms with Gasteiger partial charge in [0.05, 0.1) is 0 Å². The third-order valence-electron chi connectivity index (χ3n) is 2.78. The van der Waals surface area contributed by atoms with Crippen molar-refractivity contribution in [2.24, 2.45) is 5.92 Å². The number of hydrogen-bond acceptors (Lipinski definition) is 1. The molecule has 1 aliphatic carbocycles. The minimum atomic E-state index is 1.03. The summed E-state index contributed by atoms with van der Waals surface area (Å²) in [5.41, 5.74) is 0. The molecule has 0 bridgehead atoms. The molecule has 0 aromatic rings. The van der Waals surface area contributed by atoms with Gasteiger partial charge in [-0.3, -0.25) is 0 Å². The van der Waals surface area contributed by atoms with E-state index in [2.05, 4.69) is 12.4 Å². The summed E-state index contributed by atoms with van der Waals surface area (Å²) < 4.78 is 0. The van der Waals surface area contributed by atoms with Gasteiger partial charge < -0.3 is 5.32 Å². The summed E-state index contributed by atoms with van der Waals surface area (Å²) in [5, 5.41) is 3.24. The highest BCUT2D eigenvalue weighted by molar-refractivity contribution is 4.65. The Kier molecular flexibility index (Phi) is 4.60. The second-order valence-corrected chi connectivity index (χ2v) is 3.75. The van der Waals surface area contributed by atoms with E-state index in [4.69, 9.17) is 0 Å². The topological polar surface area (TPSA) is 12.0 Å². The lowest BCUT2D eigenvalue weighted by molar-refractivity contribution is 0.422. The molecule has 0 aromatic carbocycles. The summed E-state index contributed by atoms with van der Waals surface area (Å²) in [6.45, 7) is 1.21. The molecule has 0 aromatic heterocycles. The minimum Gasteiger partial charge on any atom is -0.320 e. The normalized spacial score (nSPS) is 21.5. The number of hydrogen-bond donors (Lipinski definition) is 1. The highest BCUT2D eigenvalue weighted by atomic mass is 14.8. The van der Waals surface area contributed by atoms with Crippen LogP contribution in [-0.4, -0.2) is 13.6 Å². The highest BCUT2D eigenvalue weighted by Crippen LogP contribution is 2.24. The summed E-state index contributed by atoms with van der Waals surface area (Å²) in [6, 6.07) is 0. The molecule has 1 N–H and O–H groups in total. The predicted molar refractivity (Wildman–Crippen MR) is 49.7 cm³/mol. The smallest absolute Gasteiger partial charge is 0.00493 e. The number of rotatable bonds is 3. The Bertz CT molecular complexity index is 82.9. The molecule has 0 aliphatic heterocycles. The number of nitrogens with one attached hydrogen (secondary N) is 1. The van der Waals surface area contributed by atoms with Crippen molar-refractivity contribution in [3.63, 3.8) is 0 Å². The maximum Gasteiger partial charge on any atom is -0.00493 e. The van der Waals surface area contributed by atoms with E-state index in [0.717, 1.165) is 5.92 Å². The molecule has 1 aliphatic rings. The third kappa shape index (κ3) is 3.76. The first-order valence-electron chi connectivity index (χ1n) is 5.08. The van der Waals surface area contributed by atoms with Crippen LogP contribution >= 0.6 is 0 Å². The fraction of sp³-hybridized carbons (Fsp3) is 1.00. The highest BCUT2D eigenvalue weighted by Gasteiger charge is 2.10. The van der Waals surface area contributed by atoms with Gasteiger partial charge in [0.25, 0.3) is 0 Å². The Morgan fingerprint density at radius 1 is 1.09 bits per heavy atom. The van der Waals surface area contributed by atoms with Crippen LogP contribution in [0.5, 0.6) is 0 Å². The van der Waals surface area contributed by atoms with Gasteiger partial charge in [0.2, 0.25) is 0 Å². The van der Waals surface area contributed by atoms with Crippen LogP contribution in [0.4, 0.5) is 0 Å². The first-order chi connectivity index (χ1) is 5.43. The predicted octanol–water partition coefficient (Wildman–Crippen LogP) is 2.57. The molecule has 1 nitrogen and oxygen atoms in total. The largest absolute Gasteiger partial charge is 0.320 e. The Balaban J connectivity index is 2.09. The summed E-state index contributed by atoms with van der Waals surface area (Å²) in [7, 11) is 2.05. The summed E-state index contributed by atoms with van der Waals surface area (Å²) >= 11 is 0. The lowest BCUT2D eigenvalue weighted by Crippen LogP contribution is -2.12. The van der Waals surface area contributed by atoms with Crippen molar-refractivity contribution in [1.29, 1.82) is 0 Å². The molecule has 0 atom stereocenters. The lowest BCUT2D eigenvalue weighted by atomic mass is 9.97. The Morgan fingerprint density at radius 3 is 2.27 bits per heavy atom. The molecular weight excluding hydrogens is 134 g/mol. The molecule has 0 spiro atoms. The molecule has 0 unspecified atom stereocenters. The maximum absolute atomic E-state index is 3.24. The van der Waals surface area contributed by atoms with Gasteiger partial charge in [0.1, 0.15) is 0 Å². The van der Waals surface area contributed by atoms with Crippen molar-refractivity contribution in [2.75, 3.05) is 13.6 Å². The fourth-order valence-corrected chi connectivity index (χ4v) is 2.00. The van der Waals surface area contributed by atoms with Crippen LogP contribution in [0, 0.1) is 5.92 Å². The van der Waals surface area contributed by atoms with Gasteiger partial charge in [-0.25, -0.2) is 0 Å². The van der Waals surface area contributed by atoms with Gasteiger partial charge in [0.15, 0.2) is 0 Å². The third-order valence-corrected chi connectivity index (χ3v) is 2.78.